The SMILES string of the molecule is CC(C)(C)OC(=O)N1CC[C@H](CS(=O)(=O)Cc2cnc(Cl)s2)C1. The summed E-state index contributed by atoms with van der Waals surface area (Å²) in [6.07, 6.45) is 1.78. The fourth-order valence-electron chi connectivity index (χ4n) is 2.45. The first-order chi connectivity index (χ1) is 10.5. The predicted octanol–water partition coefficient (Wildman–Crippen LogP) is 2.97. The summed E-state index contributed by atoms with van der Waals surface area (Å²) >= 11 is 6.90. The standard InChI is InChI=1S/C14H21ClN2O4S2/c1-14(2,3)21-13(18)17-5-4-10(7-17)8-23(19,20)9-11-6-16-12(15)22-11/h6,10H,4-5,7-9H2,1-3H3/t10-/m0/s1. The largest absolute Gasteiger partial charge is 0.444 e. The second kappa shape index (κ2) is 6.94. The normalized spacial score (nSPS) is 19.1. The molecule has 1 fully saturated rings. The number of thiazole rings is 1. The zero-order chi connectivity index (χ0) is 17.3. The zero-order valence-corrected chi connectivity index (χ0v) is 15.8. The Morgan fingerprint density at radius 3 is 2.78 bits per heavy atom. The van der Waals surface area contributed by atoms with E-state index in [1.165, 1.54) is 17.5 Å². The van der Waals surface area contributed by atoms with Crippen molar-refractivity contribution in [3.63, 3.8) is 0 Å². The maximum atomic E-state index is 12.3. The Kier molecular flexibility index (Phi) is 5.58. The Morgan fingerprint density at radius 1 is 1.52 bits per heavy atom. The van der Waals surface area contributed by atoms with Gasteiger partial charge in [-0.3, -0.25) is 0 Å². The molecule has 0 aliphatic carbocycles. The number of carbonyl (C=O) groups excluding carboxylic acids is 1. The molecule has 6 nitrogen and oxygen atoms in total. The molecule has 2 rings (SSSR count). The van der Waals surface area contributed by atoms with Gasteiger partial charge in [0.05, 0.1) is 11.5 Å². The van der Waals surface area contributed by atoms with Crippen LogP contribution < -0.4 is 0 Å². The van der Waals surface area contributed by atoms with Gasteiger partial charge in [-0.1, -0.05) is 11.6 Å². The fraction of sp³-hybridized carbons (Fsp3) is 0.714. The van der Waals surface area contributed by atoms with Crippen molar-refractivity contribution in [1.29, 1.82) is 0 Å². The summed E-state index contributed by atoms with van der Waals surface area (Å²) in [5.41, 5.74) is -0.549. The molecule has 0 aromatic carbocycles. The average molecular weight is 381 g/mol. The van der Waals surface area contributed by atoms with E-state index in [1.807, 2.05) is 20.8 Å². The lowest BCUT2D eigenvalue weighted by Gasteiger charge is -2.24. The maximum absolute atomic E-state index is 12.3. The van der Waals surface area contributed by atoms with Gasteiger partial charge < -0.3 is 9.64 Å². The number of aromatic nitrogens is 1. The van der Waals surface area contributed by atoms with E-state index in [0.717, 1.165) is 0 Å². The minimum absolute atomic E-state index is 0.0552. The summed E-state index contributed by atoms with van der Waals surface area (Å²) < 4.78 is 30.2. The minimum atomic E-state index is -3.26. The first kappa shape index (κ1) is 18.5. The van der Waals surface area contributed by atoms with Gasteiger partial charge in [-0.05, 0) is 33.1 Å². The van der Waals surface area contributed by atoms with E-state index in [9.17, 15) is 13.2 Å². The van der Waals surface area contributed by atoms with Gasteiger partial charge in [-0.2, -0.15) is 0 Å². The third kappa shape index (κ3) is 5.93. The third-order valence-corrected chi connectivity index (χ3v) is 6.34. The molecule has 0 saturated carbocycles. The Bertz CT molecular complexity index is 667. The fourth-order valence-corrected chi connectivity index (χ4v) is 5.61. The van der Waals surface area contributed by atoms with Crippen molar-refractivity contribution in [2.75, 3.05) is 18.8 Å². The lowest BCUT2D eigenvalue weighted by molar-refractivity contribution is 0.0289. The van der Waals surface area contributed by atoms with E-state index in [2.05, 4.69) is 4.98 Å². The van der Waals surface area contributed by atoms with Crippen molar-refractivity contribution in [2.45, 2.75) is 38.5 Å². The van der Waals surface area contributed by atoms with Crippen molar-refractivity contribution in [2.24, 2.45) is 5.92 Å². The monoisotopic (exact) mass is 380 g/mol. The highest BCUT2D eigenvalue weighted by Crippen LogP contribution is 2.24. The van der Waals surface area contributed by atoms with E-state index >= 15 is 0 Å². The van der Waals surface area contributed by atoms with Gasteiger partial charge in [-0.15, -0.1) is 11.3 Å². The molecule has 9 heteroatoms. The predicted molar refractivity (Wildman–Crippen MR) is 90.5 cm³/mol. The molecule has 0 unspecified atom stereocenters. The summed E-state index contributed by atoms with van der Waals surface area (Å²) in [6.45, 7) is 6.37. The lowest BCUT2D eigenvalue weighted by Crippen LogP contribution is -2.35. The summed E-state index contributed by atoms with van der Waals surface area (Å²) in [6, 6.07) is 0. The first-order valence-corrected chi connectivity index (χ1v) is 10.3. The van der Waals surface area contributed by atoms with Crippen molar-refractivity contribution in [3.8, 4) is 0 Å². The van der Waals surface area contributed by atoms with Crippen LogP contribution in [0.3, 0.4) is 0 Å². The van der Waals surface area contributed by atoms with Gasteiger partial charge in [0.1, 0.15) is 5.60 Å². The quantitative estimate of drug-likeness (QED) is 0.802. The molecule has 1 saturated heterocycles. The van der Waals surface area contributed by atoms with E-state index in [-0.39, 0.29) is 23.5 Å². The van der Waals surface area contributed by atoms with Crippen LogP contribution in [-0.4, -0.2) is 48.8 Å². The molecule has 0 bridgehead atoms. The second-order valence-electron chi connectivity index (χ2n) is 6.72. The first-order valence-electron chi connectivity index (χ1n) is 7.33. The highest BCUT2D eigenvalue weighted by atomic mass is 35.5. The van der Waals surface area contributed by atoms with Crippen LogP contribution >= 0.6 is 22.9 Å². The number of likely N-dealkylation sites (tertiary alicyclic amines) is 1. The molecule has 2 heterocycles. The number of sulfone groups is 1. The zero-order valence-electron chi connectivity index (χ0n) is 13.4. The minimum Gasteiger partial charge on any atom is -0.444 e. The molecule has 1 aromatic heterocycles. The van der Waals surface area contributed by atoms with Gasteiger partial charge in [0.25, 0.3) is 0 Å². The summed E-state index contributed by atoms with van der Waals surface area (Å²) in [7, 11) is -3.26. The van der Waals surface area contributed by atoms with Gasteiger partial charge in [0.2, 0.25) is 0 Å². The highest BCUT2D eigenvalue weighted by molar-refractivity contribution is 7.90. The lowest BCUT2D eigenvalue weighted by atomic mass is 10.2. The van der Waals surface area contributed by atoms with Crippen LogP contribution in [0.2, 0.25) is 4.47 Å². The van der Waals surface area contributed by atoms with Gasteiger partial charge in [-0.25, -0.2) is 18.2 Å². The van der Waals surface area contributed by atoms with Crippen LogP contribution in [0, 0.1) is 5.92 Å². The summed E-state index contributed by atoms with van der Waals surface area (Å²) in [4.78, 5) is 18.1. The van der Waals surface area contributed by atoms with Crippen molar-refractivity contribution >= 4 is 38.9 Å². The number of hydrogen-bond donors (Lipinski definition) is 0. The van der Waals surface area contributed by atoms with E-state index in [0.29, 0.717) is 28.9 Å². The number of carbonyl (C=O) groups is 1. The topological polar surface area (TPSA) is 76.6 Å². The highest BCUT2D eigenvalue weighted by Gasteiger charge is 2.32. The van der Waals surface area contributed by atoms with E-state index < -0.39 is 15.4 Å². The molecule has 23 heavy (non-hydrogen) atoms. The van der Waals surface area contributed by atoms with Crippen LogP contribution in [0.15, 0.2) is 6.20 Å². The number of rotatable bonds is 4. The Hall–Kier alpha value is -0.860. The van der Waals surface area contributed by atoms with Crippen molar-refractivity contribution < 1.29 is 17.9 Å². The van der Waals surface area contributed by atoms with Gasteiger partial charge in [0.15, 0.2) is 14.3 Å². The Balaban J connectivity index is 1.88. The van der Waals surface area contributed by atoms with Crippen LogP contribution in [0.25, 0.3) is 0 Å². The molecule has 0 radical (unpaired) electrons. The number of ether oxygens (including phenoxy) is 1. The smallest absolute Gasteiger partial charge is 0.410 e. The molecule has 1 aliphatic heterocycles. The molecule has 130 valence electrons. The van der Waals surface area contributed by atoms with Crippen LogP contribution in [-0.2, 0) is 20.3 Å². The van der Waals surface area contributed by atoms with Crippen molar-refractivity contribution in [1.82, 2.24) is 9.88 Å². The number of amides is 1. The van der Waals surface area contributed by atoms with E-state index in [1.54, 1.807) is 4.90 Å². The third-order valence-electron chi connectivity index (χ3n) is 3.31. The molecule has 1 aromatic rings. The van der Waals surface area contributed by atoms with Crippen LogP contribution in [0.5, 0.6) is 0 Å². The van der Waals surface area contributed by atoms with Gasteiger partial charge in [0, 0.05) is 24.2 Å². The van der Waals surface area contributed by atoms with E-state index in [4.69, 9.17) is 16.3 Å². The Morgan fingerprint density at radius 2 is 2.22 bits per heavy atom. The summed E-state index contributed by atoms with van der Waals surface area (Å²) in [5, 5.41) is 0. The van der Waals surface area contributed by atoms with Gasteiger partial charge >= 0.3 is 6.09 Å². The molecule has 1 aliphatic rings. The molecule has 0 spiro atoms. The molecule has 0 N–H and O–H groups in total. The van der Waals surface area contributed by atoms with Crippen LogP contribution in [0.4, 0.5) is 4.79 Å². The van der Waals surface area contributed by atoms with Crippen molar-refractivity contribution in [3.05, 3.63) is 15.5 Å². The number of hydrogen-bond acceptors (Lipinski definition) is 6. The number of nitrogens with zero attached hydrogens (tertiary/aromatic N) is 2. The number of halogens is 1. The Labute approximate surface area is 145 Å². The maximum Gasteiger partial charge on any atom is 0.410 e. The average Bonchev–Trinajstić information content (AvgIpc) is 2.95. The molecule has 1 amide bonds. The van der Waals surface area contributed by atoms with Crippen LogP contribution in [0.1, 0.15) is 32.1 Å². The summed E-state index contributed by atoms with van der Waals surface area (Å²) in [5.74, 6) is -0.0572. The molecular weight excluding hydrogens is 360 g/mol. The molecule has 1 atom stereocenters. The molecular formula is C14H21ClN2O4S2. The second-order valence-corrected chi connectivity index (χ2v) is 10.5.